The first-order valence-electron chi connectivity index (χ1n) is 7.82. The predicted molar refractivity (Wildman–Crippen MR) is 77.9 cm³/mol. The molecule has 2 amide bonds. The Morgan fingerprint density at radius 2 is 1.90 bits per heavy atom. The molecular weight excluding hydrogens is 272 g/mol. The summed E-state index contributed by atoms with van der Waals surface area (Å²) in [6.07, 6.45) is 2.95. The number of nitrogens with zero attached hydrogens (tertiary/aromatic N) is 1. The first-order valence-corrected chi connectivity index (χ1v) is 7.82. The lowest BCUT2D eigenvalue weighted by molar-refractivity contribution is -0.146. The summed E-state index contributed by atoms with van der Waals surface area (Å²) in [5.41, 5.74) is -1.12. The summed E-state index contributed by atoms with van der Waals surface area (Å²) >= 11 is 0. The molecule has 0 radical (unpaired) electrons. The zero-order chi connectivity index (χ0) is 15.6. The second-order valence-corrected chi connectivity index (χ2v) is 6.74. The lowest BCUT2D eigenvalue weighted by atomic mass is 9.77. The molecule has 3 N–H and O–H groups in total. The van der Waals surface area contributed by atoms with Crippen molar-refractivity contribution in [2.45, 2.75) is 57.6 Å². The number of carboxylic acids is 1. The van der Waals surface area contributed by atoms with E-state index in [1.807, 2.05) is 0 Å². The second kappa shape index (κ2) is 6.22. The van der Waals surface area contributed by atoms with E-state index in [1.54, 1.807) is 11.8 Å². The Morgan fingerprint density at radius 1 is 1.29 bits per heavy atom. The largest absolute Gasteiger partial charge is 0.480 e. The Hall–Kier alpha value is -1.30. The van der Waals surface area contributed by atoms with Gasteiger partial charge in [0.05, 0.1) is 6.10 Å². The van der Waals surface area contributed by atoms with Crippen molar-refractivity contribution in [3.8, 4) is 0 Å². The number of nitrogens with one attached hydrogen (secondary N) is 1. The van der Waals surface area contributed by atoms with Crippen LogP contribution < -0.4 is 5.32 Å². The van der Waals surface area contributed by atoms with Crippen LogP contribution in [0.3, 0.4) is 0 Å². The molecule has 1 aliphatic heterocycles. The van der Waals surface area contributed by atoms with Crippen molar-refractivity contribution < 1.29 is 19.8 Å². The zero-order valence-electron chi connectivity index (χ0n) is 12.8. The number of amides is 2. The zero-order valence-corrected chi connectivity index (χ0v) is 12.8. The number of likely N-dealkylation sites (tertiary alicyclic amines) is 1. The third kappa shape index (κ3) is 3.48. The predicted octanol–water partition coefficient (Wildman–Crippen LogP) is 1.43. The highest BCUT2D eigenvalue weighted by atomic mass is 16.4. The van der Waals surface area contributed by atoms with Crippen molar-refractivity contribution >= 4 is 12.0 Å². The maximum Gasteiger partial charge on any atom is 0.329 e. The minimum absolute atomic E-state index is 0.0860. The van der Waals surface area contributed by atoms with E-state index in [0.717, 1.165) is 19.3 Å². The normalized spacial score (nSPS) is 34.5. The molecule has 1 aliphatic carbocycles. The van der Waals surface area contributed by atoms with Crippen LogP contribution in [0.5, 0.6) is 0 Å². The summed E-state index contributed by atoms with van der Waals surface area (Å²) in [6, 6.07) is -0.310. The number of carbonyl (C=O) groups excluding carboxylic acids is 1. The highest BCUT2D eigenvalue weighted by Crippen LogP contribution is 2.32. The number of carbonyl (C=O) groups is 2. The van der Waals surface area contributed by atoms with Gasteiger partial charge in [-0.05, 0) is 44.9 Å². The fraction of sp³-hybridized carbons (Fsp3) is 0.867. The molecule has 0 aromatic rings. The van der Waals surface area contributed by atoms with Crippen molar-refractivity contribution in [3.63, 3.8) is 0 Å². The Balaban J connectivity index is 1.98. The molecule has 1 saturated carbocycles. The highest BCUT2D eigenvalue weighted by Gasteiger charge is 2.44. The minimum atomic E-state index is -1.12. The van der Waals surface area contributed by atoms with E-state index < -0.39 is 17.6 Å². The molecule has 0 bridgehead atoms. The van der Waals surface area contributed by atoms with E-state index in [-0.39, 0.29) is 11.9 Å². The highest BCUT2D eigenvalue weighted by molar-refractivity contribution is 5.86. The number of rotatable bonds is 3. The van der Waals surface area contributed by atoms with E-state index >= 15 is 0 Å². The minimum Gasteiger partial charge on any atom is -0.480 e. The molecule has 2 fully saturated rings. The van der Waals surface area contributed by atoms with Gasteiger partial charge in [-0.15, -0.1) is 0 Å². The molecule has 6 nitrogen and oxygen atoms in total. The van der Waals surface area contributed by atoms with Crippen LogP contribution in [0.4, 0.5) is 4.79 Å². The van der Waals surface area contributed by atoms with Crippen molar-refractivity contribution in [1.82, 2.24) is 10.2 Å². The van der Waals surface area contributed by atoms with Crippen LogP contribution in [0.1, 0.15) is 46.0 Å². The van der Waals surface area contributed by atoms with Gasteiger partial charge in [0.25, 0.3) is 0 Å². The molecule has 2 aliphatic rings. The summed E-state index contributed by atoms with van der Waals surface area (Å²) < 4.78 is 0. The number of hydrogen-bond acceptors (Lipinski definition) is 3. The van der Waals surface area contributed by atoms with Crippen LogP contribution in [0.2, 0.25) is 0 Å². The van der Waals surface area contributed by atoms with Crippen LogP contribution in [-0.2, 0) is 4.79 Å². The number of urea groups is 1. The SMILES string of the molecule is CC1CCC(NC(=O)N2CCC(C(C)O)C2)(C(=O)O)CC1. The first kappa shape index (κ1) is 16.1. The molecule has 0 spiro atoms. The fourth-order valence-electron chi connectivity index (χ4n) is 3.30. The van der Waals surface area contributed by atoms with Crippen LogP contribution in [0.15, 0.2) is 0 Å². The van der Waals surface area contributed by atoms with Gasteiger partial charge < -0.3 is 20.4 Å². The van der Waals surface area contributed by atoms with Gasteiger partial charge in [-0.25, -0.2) is 9.59 Å². The van der Waals surface area contributed by atoms with Gasteiger partial charge >= 0.3 is 12.0 Å². The molecule has 0 aromatic carbocycles. The third-order valence-electron chi connectivity index (χ3n) is 5.08. The topological polar surface area (TPSA) is 89.9 Å². The van der Waals surface area contributed by atoms with E-state index in [1.165, 1.54) is 0 Å². The number of aliphatic hydroxyl groups excluding tert-OH is 1. The maximum absolute atomic E-state index is 12.3. The number of aliphatic hydroxyl groups is 1. The molecule has 1 heterocycles. The van der Waals surface area contributed by atoms with Gasteiger partial charge in [-0.3, -0.25) is 0 Å². The molecule has 6 heteroatoms. The Bertz CT molecular complexity index is 402. The second-order valence-electron chi connectivity index (χ2n) is 6.74. The Kier molecular flexibility index (Phi) is 4.76. The molecule has 0 aromatic heterocycles. The van der Waals surface area contributed by atoms with Crippen molar-refractivity contribution in [2.75, 3.05) is 13.1 Å². The van der Waals surface area contributed by atoms with E-state index in [9.17, 15) is 19.8 Å². The van der Waals surface area contributed by atoms with Crippen LogP contribution in [0.25, 0.3) is 0 Å². The molecule has 2 rings (SSSR count). The lowest BCUT2D eigenvalue weighted by Gasteiger charge is -2.37. The molecule has 1 saturated heterocycles. The number of aliphatic carboxylic acids is 1. The average molecular weight is 298 g/mol. The Labute approximate surface area is 125 Å². The number of hydrogen-bond donors (Lipinski definition) is 3. The monoisotopic (exact) mass is 298 g/mol. The van der Waals surface area contributed by atoms with Gasteiger partial charge in [0, 0.05) is 19.0 Å². The summed E-state index contributed by atoms with van der Waals surface area (Å²) in [5, 5.41) is 21.9. The van der Waals surface area contributed by atoms with Crippen molar-refractivity contribution in [3.05, 3.63) is 0 Å². The summed E-state index contributed by atoms with van der Waals surface area (Å²) in [4.78, 5) is 25.6. The molecule has 21 heavy (non-hydrogen) atoms. The molecule has 2 unspecified atom stereocenters. The van der Waals surface area contributed by atoms with E-state index in [0.29, 0.717) is 31.8 Å². The summed E-state index contributed by atoms with van der Waals surface area (Å²) in [5.74, 6) is -0.335. The maximum atomic E-state index is 12.3. The quantitative estimate of drug-likeness (QED) is 0.735. The van der Waals surface area contributed by atoms with Gasteiger partial charge in [0.15, 0.2) is 0 Å². The van der Waals surface area contributed by atoms with Crippen LogP contribution in [0, 0.1) is 11.8 Å². The lowest BCUT2D eigenvalue weighted by Crippen LogP contribution is -2.59. The number of carboxylic acid groups (broad SMARTS) is 1. The van der Waals surface area contributed by atoms with E-state index in [2.05, 4.69) is 12.2 Å². The van der Waals surface area contributed by atoms with E-state index in [4.69, 9.17) is 0 Å². The van der Waals surface area contributed by atoms with Gasteiger partial charge in [-0.2, -0.15) is 0 Å². The fourth-order valence-corrected chi connectivity index (χ4v) is 3.30. The molecule has 120 valence electrons. The standard InChI is InChI=1S/C15H26N2O4/c1-10-3-6-15(7-4-10,13(19)20)16-14(21)17-8-5-12(9-17)11(2)18/h10-12,18H,3-9H2,1-2H3,(H,16,21)(H,19,20). The van der Waals surface area contributed by atoms with Crippen molar-refractivity contribution in [1.29, 1.82) is 0 Å². The summed E-state index contributed by atoms with van der Waals surface area (Å²) in [7, 11) is 0. The summed E-state index contributed by atoms with van der Waals surface area (Å²) in [6.45, 7) is 4.91. The van der Waals surface area contributed by atoms with Gasteiger partial charge in [0.2, 0.25) is 0 Å². The molecule has 2 atom stereocenters. The third-order valence-corrected chi connectivity index (χ3v) is 5.08. The molecular formula is C15H26N2O4. The van der Waals surface area contributed by atoms with Crippen LogP contribution in [-0.4, -0.2) is 51.8 Å². The van der Waals surface area contributed by atoms with Crippen LogP contribution >= 0.6 is 0 Å². The Morgan fingerprint density at radius 3 is 2.38 bits per heavy atom. The first-order chi connectivity index (χ1) is 9.84. The van der Waals surface area contributed by atoms with Crippen molar-refractivity contribution in [2.24, 2.45) is 11.8 Å². The smallest absolute Gasteiger partial charge is 0.329 e. The average Bonchev–Trinajstić information content (AvgIpc) is 2.91. The van der Waals surface area contributed by atoms with Gasteiger partial charge in [-0.1, -0.05) is 6.92 Å². The van der Waals surface area contributed by atoms with Gasteiger partial charge in [0.1, 0.15) is 5.54 Å².